The van der Waals surface area contributed by atoms with Gasteiger partial charge in [-0.05, 0) is 39.7 Å². The third kappa shape index (κ3) is 4.94. The summed E-state index contributed by atoms with van der Waals surface area (Å²) < 4.78 is 5.86. The highest BCUT2D eigenvalue weighted by atomic mass is 16.5. The van der Waals surface area contributed by atoms with Crippen LogP contribution in [0.1, 0.15) is 58.3 Å². The number of likely N-dealkylation sites (N-methyl/N-ethyl adjacent to an activating group) is 1. The van der Waals surface area contributed by atoms with E-state index in [1.165, 1.54) is 38.5 Å². The molecular weight excluding hydrogens is 230 g/mol. The van der Waals surface area contributed by atoms with E-state index < -0.39 is 11.5 Å². The molecule has 18 heavy (non-hydrogen) atoms. The molecule has 1 rings (SSSR count). The minimum absolute atomic E-state index is 0.401. The van der Waals surface area contributed by atoms with Gasteiger partial charge in [-0.2, -0.15) is 0 Å². The largest absolute Gasteiger partial charge is 0.480 e. The summed E-state index contributed by atoms with van der Waals surface area (Å²) in [6.45, 7) is 2.40. The van der Waals surface area contributed by atoms with Gasteiger partial charge in [-0.1, -0.05) is 25.7 Å². The highest BCUT2D eigenvalue weighted by molar-refractivity contribution is 5.78. The molecule has 1 aliphatic carbocycles. The zero-order chi connectivity index (χ0) is 13.4. The van der Waals surface area contributed by atoms with E-state index in [2.05, 4.69) is 5.32 Å². The second-order valence-electron chi connectivity index (χ2n) is 5.48. The molecule has 2 N–H and O–H groups in total. The van der Waals surface area contributed by atoms with Crippen molar-refractivity contribution < 1.29 is 14.6 Å². The Morgan fingerprint density at radius 1 is 1.33 bits per heavy atom. The molecule has 1 saturated carbocycles. The fraction of sp³-hybridized carbons (Fsp3) is 0.929. The first-order valence-corrected chi connectivity index (χ1v) is 7.12. The summed E-state index contributed by atoms with van der Waals surface area (Å²) in [5.74, 6) is -0.792. The van der Waals surface area contributed by atoms with Crippen molar-refractivity contribution in [3.63, 3.8) is 0 Å². The third-order valence-corrected chi connectivity index (χ3v) is 4.00. The van der Waals surface area contributed by atoms with Crippen molar-refractivity contribution in [3.8, 4) is 0 Å². The van der Waals surface area contributed by atoms with Gasteiger partial charge in [0.15, 0.2) is 0 Å². The van der Waals surface area contributed by atoms with Crippen LogP contribution in [0.5, 0.6) is 0 Å². The summed E-state index contributed by atoms with van der Waals surface area (Å²) >= 11 is 0. The van der Waals surface area contributed by atoms with Crippen LogP contribution in [0.4, 0.5) is 0 Å². The maximum absolute atomic E-state index is 11.1. The number of hydrogen-bond donors (Lipinski definition) is 2. The lowest BCUT2D eigenvalue weighted by atomic mass is 9.96. The fourth-order valence-electron chi connectivity index (χ4n) is 2.42. The van der Waals surface area contributed by atoms with Gasteiger partial charge in [0.1, 0.15) is 5.54 Å². The number of carbonyl (C=O) groups is 1. The molecule has 0 aromatic rings. The molecule has 0 amide bonds. The lowest BCUT2D eigenvalue weighted by molar-refractivity contribution is -0.144. The predicted molar refractivity (Wildman–Crippen MR) is 71.8 cm³/mol. The highest BCUT2D eigenvalue weighted by Gasteiger charge is 2.30. The minimum atomic E-state index is -0.827. The molecule has 1 unspecified atom stereocenters. The maximum Gasteiger partial charge on any atom is 0.323 e. The van der Waals surface area contributed by atoms with Gasteiger partial charge in [-0.3, -0.25) is 4.79 Å². The highest BCUT2D eigenvalue weighted by Crippen LogP contribution is 2.20. The first-order valence-electron chi connectivity index (χ1n) is 7.12. The Hall–Kier alpha value is -0.610. The molecule has 0 spiro atoms. The average Bonchev–Trinajstić information content (AvgIpc) is 2.62. The molecule has 0 bridgehead atoms. The first kappa shape index (κ1) is 15.4. The van der Waals surface area contributed by atoms with Crippen LogP contribution in [0, 0.1) is 0 Å². The zero-order valence-electron chi connectivity index (χ0n) is 11.7. The van der Waals surface area contributed by atoms with E-state index in [0.29, 0.717) is 19.1 Å². The van der Waals surface area contributed by atoms with Crippen LogP contribution in [0.25, 0.3) is 0 Å². The third-order valence-electron chi connectivity index (χ3n) is 4.00. The van der Waals surface area contributed by atoms with Crippen molar-refractivity contribution in [2.45, 2.75) is 69.9 Å². The van der Waals surface area contributed by atoms with Crippen LogP contribution in [0.2, 0.25) is 0 Å². The van der Waals surface area contributed by atoms with Crippen LogP contribution in [0.15, 0.2) is 0 Å². The average molecular weight is 257 g/mol. The molecule has 0 aromatic heterocycles. The SMILES string of the molecule is CNC(C)(CCCOC1CCCCCC1)C(=O)O. The monoisotopic (exact) mass is 257 g/mol. The number of nitrogens with one attached hydrogen (secondary N) is 1. The number of hydrogen-bond acceptors (Lipinski definition) is 3. The van der Waals surface area contributed by atoms with Gasteiger partial charge in [0.05, 0.1) is 6.10 Å². The molecule has 4 heteroatoms. The normalized spacial score (nSPS) is 21.2. The Balaban J connectivity index is 2.19. The predicted octanol–water partition coefficient (Wildman–Crippen LogP) is 2.57. The second-order valence-corrected chi connectivity index (χ2v) is 5.48. The van der Waals surface area contributed by atoms with Gasteiger partial charge in [-0.15, -0.1) is 0 Å². The molecule has 1 atom stereocenters. The van der Waals surface area contributed by atoms with E-state index >= 15 is 0 Å². The van der Waals surface area contributed by atoms with Gasteiger partial charge < -0.3 is 15.2 Å². The van der Waals surface area contributed by atoms with E-state index in [0.717, 1.165) is 6.42 Å². The van der Waals surface area contributed by atoms with Gasteiger partial charge >= 0.3 is 5.97 Å². The molecule has 0 radical (unpaired) electrons. The molecule has 106 valence electrons. The van der Waals surface area contributed by atoms with Crippen molar-refractivity contribution in [1.29, 1.82) is 0 Å². The van der Waals surface area contributed by atoms with E-state index in [-0.39, 0.29) is 0 Å². The quantitative estimate of drug-likeness (QED) is 0.543. The van der Waals surface area contributed by atoms with E-state index in [4.69, 9.17) is 9.84 Å². The Morgan fingerprint density at radius 3 is 2.44 bits per heavy atom. The van der Waals surface area contributed by atoms with Crippen LogP contribution in [-0.4, -0.2) is 36.4 Å². The number of aliphatic carboxylic acids is 1. The van der Waals surface area contributed by atoms with E-state index in [9.17, 15) is 4.79 Å². The molecule has 1 fully saturated rings. The lowest BCUT2D eigenvalue weighted by Crippen LogP contribution is -2.47. The van der Waals surface area contributed by atoms with Crippen LogP contribution in [-0.2, 0) is 9.53 Å². The van der Waals surface area contributed by atoms with Gasteiger partial charge in [0.25, 0.3) is 0 Å². The fourth-order valence-corrected chi connectivity index (χ4v) is 2.42. The second kappa shape index (κ2) is 7.74. The Kier molecular flexibility index (Phi) is 6.65. The molecule has 0 heterocycles. The standard InChI is InChI=1S/C14H27NO3/c1-14(15-2,13(16)17)10-7-11-18-12-8-5-3-4-6-9-12/h12,15H,3-11H2,1-2H3,(H,16,17). The molecular formula is C14H27NO3. The molecule has 1 aliphatic rings. The Morgan fingerprint density at radius 2 is 1.94 bits per heavy atom. The zero-order valence-corrected chi connectivity index (χ0v) is 11.7. The summed E-state index contributed by atoms with van der Waals surface area (Å²) in [5.41, 5.74) is -0.827. The van der Waals surface area contributed by atoms with Crippen LogP contribution in [0.3, 0.4) is 0 Å². The van der Waals surface area contributed by atoms with Crippen molar-refractivity contribution >= 4 is 5.97 Å². The summed E-state index contributed by atoms with van der Waals surface area (Å²) in [7, 11) is 1.69. The first-order chi connectivity index (χ1) is 8.58. The summed E-state index contributed by atoms with van der Waals surface area (Å²) in [6, 6.07) is 0. The Bertz CT molecular complexity index is 249. The van der Waals surface area contributed by atoms with Gasteiger partial charge in [0, 0.05) is 6.61 Å². The lowest BCUT2D eigenvalue weighted by Gasteiger charge is -2.24. The van der Waals surface area contributed by atoms with Crippen molar-refractivity contribution in [1.82, 2.24) is 5.32 Å². The van der Waals surface area contributed by atoms with Crippen molar-refractivity contribution in [2.24, 2.45) is 0 Å². The molecule has 0 saturated heterocycles. The minimum Gasteiger partial charge on any atom is -0.480 e. The maximum atomic E-state index is 11.1. The summed E-state index contributed by atoms with van der Waals surface area (Å²) in [4.78, 5) is 11.1. The van der Waals surface area contributed by atoms with Crippen LogP contribution >= 0.6 is 0 Å². The van der Waals surface area contributed by atoms with E-state index in [1.807, 2.05) is 0 Å². The molecule has 0 aliphatic heterocycles. The van der Waals surface area contributed by atoms with Gasteiger partial charge in [-0.25, -0.2) is 0 Å². The molecule has 0 aromatic carbocycles. The molecule has 4 nitrogen and oxygen atoms in total. The van der Waals surface area contributed by atoms with Crippen LogP contribution < -0.4 is 5.32 Å². The Labute approximate surface area is 110 Å². The summed E-state index contributed by atoms with van der Waals surface area (Å²) in [5, 5.41) is 12.0. The number of carboxylic acids is 1. The van der Waals surface area contributed by atoms with E-state index in [1.54, 1.807) is 14.0 Å². The topological polar surface area (TPSA) is 58.6 Å². The van der Waals surface area contributed by atoms with Crippen molar-refractivity contribution in [2.75, 3.05) is 13.7 Å². The number of carboxylic acid groups (broad SMARTS) is 1. The number of rotatable bonds is 7. The summed E-state index contributed by atoms with van der Waals surface area (Å²) in [6.07, 6.45) is 9.34. The number of ether oxygens (including phenoxy) is 1. The van der Waals surface area contributed by atoms with Gasteiger partial charge in [0.2, 0.25) is 0 Å². The van der Waals surface area contributed by atoms with Crippen molar-refractivity contribution in [3.05, 3.63) is 0 Å². The smallest absolute Gasteiger partial charge is 0.323 e.